The van der Waals surface area contributed by atoms with Crippen LogP contribution >= 0.6 is 0 Å². The molecule has 0 saturated heterocycles. The van der Waals surface area contributed by atoms with Crippen molar-refractivity contribution in [1.82, 2.24) is 0 Å². The van der Waals surface area contributed by atoms with Gasteiger partial charge in [-0.3, -0.25) is 0 Å². The molecule has 0 aromatic rings. The zero-order valence-corrected chi connectivity index (χ0v) is 10.3. The molecule has 0 amide bonds. The highest BCUT2D eigenvalue weighted by molar-refractivity contribution is 6.36. The average Bonchev–Trinajstić information content (AvgIpc) is 2.18. The van der Waals surface area contributed by atoms with Gasteiger partial charge in [0.1, 0.15) is 0 Å². The Hall–Kier alpha value is 0.332. The molecule has 6 heteroatoms. The van der Waals surface area contributed by atoms with Gasteiger partial charge in [0.05, 0.1) is 13.2 Å². The fourth-order valence-electron chi connectivity index (χ4n) is 0.736. The minimum Gasteiger partial charge on any atom is -0.455 e. The summed E-state index contributed by atoms with van der Waals surface area (Å²) in [5.41, 5.74) is 0. The predicted octanol–water partition coefficient (Wildman–Crippen LogP) is 0.334. The predicted molar refractivity (Wildman–Crippen MR) is 53.0 cm³/mol. The fraction of sp³-hybridized carbons (Fsp3) is 1.00. The lowest BCUT2D eigenvalue weighted by molar-refractivity contribution is 0.0526. The highest BCUT2D eigenvalue weighted by Crippen LogP contribution is 1.92. The number of hydrogen-bond donors (Lipinski definition) is 0. The summed E-state index contributed by atoms with van der Waals surface area (Å²) in [5.74, 6) is 0. The van der Waals surface area contributed by atoms with Crippen molar-refractivity contribution in [3.05, 3.63) is 0 Å². The second kappa shape index (κ2) is 11.4. The first-order valence-electron chi connectivity index (χ1n) is 4.67. The Morgan fingerprint density at radius 3 is 1.64 bits per heavy atom. The Morgan fingerprint density at radius 2 is 1.29 bits per heavy atom. The van der Waals surface area contributed by atoms with Crippen LogP contribution in [0.15, 0.2) is 0 Å². The molecule has 0 aromatic carbocycles. The summed E-state index contributed by atoms with van der Waals surface area (Å²) in [6, 6.07) is 0. The summed E-state index contributed by atoms with van der Waals surface area (Å²) in [5, 5.41) is 0. The molecule has 0 aromatic heterocycles. The summed E-state index contributed by atoms with van der Waals surface area (Å²) in [6.45, 7) is 4.67. The topological polar surface area (TPSA) is 46.2 Å². The summed E-state index contributed by atoms with van der Waals surface area (Å²) >= 11 is -1.96. The van der Waals surface area contributed by atoms with Crippen LogP contribution in [0.2, 0.25) is 0 Å². The maximum atomic E-state index is 5.38. The molecule has 0 aliphatic carbocycles. The van der Waals surface area contributed by atoms with Crippen LogP contribution in [0, 0.1) is 0 Å². The van der Waals surface area contributed by atoms with E-state index in [4.69, 9.17) is 20.8 Å². The lowest BCUT2D eigenvalue weighted by Crippen LogP contribution is -2.30. The van der Waals surface area contributed by atoms with Gasteiger partial charge >= 0.3 is 15.1 Å². The lowest BCUT2D eigenvalue weighted by Gasteiger charge is -2.11. The van der Waals surface area contributed by atoms with E-state index in [1.807, 2.05) is 6.92 Å². The van der Waals surface area contributed by atoms with Gasteiger partial charge in [-0.2, -0.15) is 0 Å². The Kier molecular flexibility index (Phi) is 11.7. The third kappa shape index (κ3) is 8.91. The molecule has 0 heterocycles. The van der Waals surface area contributed by atoms with Crippen molar-refractivity contribution in [2.45, 2.75) is 6.92 Å². The van der Waals surface area contributed by atoms with E-state index < -0.39 is 15.1 Å². The van der Waals surface area contributed by atoms with Crippen molar-refractivity contribution in [2.24, 2.45) is 0 Å². The van der Waals surface area contributed by atoms with E-state index in [2.05, 4.69) is 0 Å². The fourth-order valence-corrected chi connectivity index (χ4v) is 1.87. The quantitative estimate of drug-likeness (QED) is 0.394. The molecule has 0 radical (unpaired) electrons. The van der Waals surface area contributed by atoms with Gasteiger partial charge in [0.25, 0.3) is 0 Å². The third-order valence-corrected chi connectivity index (χ3v) is 3.01. The molecule has 0 N–H and O–H groups in total. The second-order valence-electron chi connectivity index (χ2n) is 2.47. The van der Waals surface area contributed by atoms with Gasteiger partial charge < -0.3 is 20.8 Å². The normalized spacial score (nSPS) is 10.5. The molecule has 0 atom stereocenters. The molecule has 0 aliphatic heterocycles. The minimum absolute atomic E-state index is 0.514. The van der Waals surface area contributed by atoms with Crippen LogP contribution in [-0.4, -0.2) is 62.4 Å². The van der Waals surface area contributed by atoms with Crippen molar-refractivity contribution in [3.63, 3.8) is 0 Å². The van der Waals surface area contributed by atoms with Gasteiger partial charge in [-0.1, -0.05) is 0 Å². The maximum absolute atomic E-state index is 5.38. The number of methoxy groups -OCH3 is 2. The lowest BCUT2D eigenvalue weighted by atomic mass is 10.8. The van der Waals surface area contributed by atoms with Gasteiger partial charge in [0.2, 0.25) is 0 Å². The molecule has 0 saturated carbocycles. The molecule has 5 nitrogen and oxygen atoms in total. The number of hydrogen-bond acceptors (Lipinski definition) is 5. The molecular weight excluding hydrogens is 203 g/mol. The highest BCUT2D eigenvalue weighted by Gasteiger charge is 2.29. The first-order valence-corrected chi connectivity index (χ1v) is 6.09. The summed E-state index contributed by atoms with van der Waals surface area (Å²) in [4.78, 5) is 0. The largest absolute Gasteiger partial charge is 0.905 e. The van der Waals surface area contributed by atoms with Crippen LogP contribution in [0.5, 0.6) is 0 Å². The van der Waals surface area contributed by atoms with Crippen molar-refractivity contribution in [2.75, 3.05) is 47.3 Å². The van der Waals surface area contributed by atoms with E-state index in [9.17, 15) is 0 Å². The van der Waals surface area contributed by atoms with Gasteiger partial charge in [0, 0.05) is 34.0 Å². The summed E-state index contributed by atoms with van der Waals surface area (Å²) < 4.78 is 25.8. The number of ether oxygens (including phenoxy) is 2. The van der Waals surface area contributed by atoms with Gasteiger partial charge in [-0.15, -0.1) is 0 Å². The van der Waals surface area contributed by atoms with E-state index in [0.29, 0.717) is 33.0 Å². The molecular formula is C8H19AlO5. The highest BCUT2D eigenvalue weighted by atomic mass is 27.3. The van der Waals surface area contributed by atoms with Gasteiger partial charge in [0.15, 0.2) is 0 Å². The van der Waals surface area contributed by atoms with Crippen molar-refractivity contribution >= 4 is 15.1 Å². The molecule has 0 rings (SSSR count). The molecule has 0 fully saturated rings. The smallest absolute Gasteiger partial charge is 0.455 e. The Bertz CT molecular complexity index is 104. The maximum Gasteiger partial charge on any atom is 0.905 e. The van der Waals surface area contributed by atoms with E-state index in [0.717, 1.165) is 0 Å². The molecule has 0 spiro atoms. The van der Waals surface area contributed by atoms with Crippen LogP contribution in [0.4, 0.5) is 0 Å². The van der Waals surface area contributed by atoms with E-state index in [1.54, 1.807) is 14.2 Å². The molecule has 0 bridgehead atoms. The third-order valence-electron chi connectivity index (χ3n) is 1.39. The van der Waals surface area contributed by atoms with Crippen molar-refractivity contribution in [1.29, 1.82) is 0 Å². The monoisotopic (exact) mass is 222 g/mol. The van der Waals surface area contributed by atoms with Crippen LogP contribution < -0.4 is 0 Å². The standard InChI is InChI=1S/2C3H7O2.C2H5O.Al/c2*1-5-3-2-4;1-2-3;/h2*2-3H2,1H3;2H2,1H3;/q3*-1;+3. The summed E-state index contributed by atoms with van der Waals surface area (Å²) in [7, 11) is 3.26. The van der Waals surface area contributed by atoms with Crippen LogP contribution in [0.3, 0.4) is 0 Å². The minimum atomic E-state index is -1.96. The average molecular weight is 222 g/mol. The van der Waals surface area contributed by atoms with Gasteiger partial charge in [-0.25, -0.2) is 0 Å². The van der Waals surface area contributed by atoms with E-state index in [1.165, 1.54) is 0 Å². The number of rotatable bonds is 10. The van der Waals surface area contributed by atoms with Crippen molar-refractivity contribution in [3.8, 4) is 0 Å². The first-order chi connectivity index (χ1) is 6.85. The van der Waals surface area contributed by atoms with Crippen molar-refractivity contribution < 1.29 is 20.8 Å². The van der Waals surface area contributed by atoms with E-state index in [-0.39, 0.29) is 0 Å². The second-order valence-corrected chi connectivity index (χ2v) is 4.05. The zero-order chi connectivity index (χ0) is 10.6. The Labute approximate surface area is 90.6 Å². The molecule has 14 heavy (non-hydrogen) atoms. The Balaban J connectivity index is 3.44. The van der Waals surface area contributed by atoms with Crippen LogP contribution in [0.1, 0.15) is 6.92 Å². The zero-order valence-electron chi connectivity index (χ0n) is 9.15. The SMILES string of the molecule is CC[O][Al]([O]CCOC)[O]CCOC. The Morgan fingerprint density at radius 1 is 0.786 bits per heavy atom. The molecule has 84 valence electrons. The van der Waals surface area contributed by atoms with Crippen LogP contribution in [0.25, 0.3) is 0 Å². The summed E-state index contributed by atoms with van der Waals surface area (Å²) in [6.07, 6.45) is 0. The van der Waals surface area contributed by atoms with Crippen LogP contribution in [-0.2, 0) is 20.8 Å². The first kappa shape index (κ1) is 14.3. The van der Waals surface area contributed by atoms with Gasteiger partial charge in [-0.05, 0) is 6.92 Å². The van der Waals surface area contributed by atoms with E-state index >= 15 is 0 Å². The molecule has 0 unspecified atom stereocenters. The molecule has 0 aliphatic rings.